The first-order chi connectivity index (χ1) is 14.8. The predicted octanol–water partition coefficient (Wildman–Crippen LogP) is 3.41. The van der Waals surface area contributed by atoms with Gasteiger partial charge in [0.05, 0.1) is 4.34 Å². The van der Waals surface area contributed by atoms with Crippen LogP contribution in [0, 0.1) is 0 Å². The molecule has 1 atom stereocenters. The third kappa shape index (κ3) is 4.38. The maximum Gasteiger partial charge on any atom is 0.322 e. The van der Waals surface area contributed by atoms with Crippen LogP contribution in [0.15, 0.2) is 33.0 Å². The van der Waals surface area contributed by atoms with Crippen molar-refractivity contribution in [3.63, 3.8) is 0 Å². The van der Waals surface area contributed by atoms with E-state index in [9.17, 15) is 13.2 Å². The van der Waals surface area contributed by atoms with Crippen molar-refractivity contribution in [1.82, 2.24) is 24.3 Å². The Balaban J connectivity index is 1.53. The maximum absolute atomic E-state index is 13.1. The normalized spacial score (nSPS) is 17.9. The number of hydrogen-bond acceptors (Lipinski definition) is 8. The van der Waals surface area contributed by atoms with E-state index in [0.29, 0.717) is 22.9 Å². The summed E-state index contributed by atoms with van der Waals surface area (Å²) in [6, 6.07) is 3.82. The monoisotopic (exact) mass is 484 g/mol. The third-order valence-corrected chi connectivity index (χ3v) is 8.51. The number of nitrogens with zero attached hydrogens (tertiary/aromatic N) is 5. The summed E-state index contributed by atoms with van der Waals surface area (Å²) in [7, 11) is -3.84. The van der Waals surface area contributed by atoms with E-state index in [2.05, 4.69) is 20.6 Å². The minimum atomic E-state index is -3.84. The quantitative estimate of drug-likeness (QED) is 0.568. The number of anilines is 1. The van der Waals surface area contributed by atoms with Crippen molar-refractivity contribution < 1.29 is 17.6 Å². The molecule has 1 aliphatic heterocycles. The number of sulfonamides is 1. The average molecular weight is 485 g/mol. The predicted molar refractivity (Wildman–Crippen MR) is 115 cm³/mol. The number of rotatable bonds is 6. The van der Waals surface area contributed by atoms with Crippen molar-refractivity contribution in [2.24, 2.45) is 0 Å². The van der Waals surface area contributed by atoms with Crippen molar-refractivity contribution in [1.29, 1.82) is 0 Å². The first kappa shape index (κ1) is 21.9. The van der Waals surface area contributed by atoms with Gasteiger partial charge < -0.3 is 4.42 Å². The van der Waals surface area contributed by atoms with Crippen molar-refractivity contribution in [2.45, 2.75) is 49.4 Å². The van der Waals surface area contributed by atoms with E-state index in [1.54, 1.807) is 16.9 Å². The molecule has 0 saturated carbocycles. The fourth-order valence-corrected chi connectivity index (χ4v) is 6.74. The number of aromatic nitrogens is 4. The Hall–Kier alpha value is -2.28. The van der Waals surface area contributed by atoms with Crippen LogP contribution in [0.5, 0.6) is 0 Å². The highest BCUT2D eigenvalue weighted by molar-refractivity contribution is 7.91. The minimum absolute atomic E-state index is 0.0849. The van der Waals surface area contributed by atoms with Crippen LogP contribution < -0.4 is 5.32 Å². The Labute approximate surface area is 188 Å². The summed E-state index contributed by atoms with van der Waals surface area (Å²) in [5.41, 5.74) is 0.624. The summed E-state index contributed by atoms with van der Waals surface area (Å²) in [4.78, 5) is 12.9. The van der Waals surface area contributed by atoms with Crippen LogP contribution in [-0.2, 0) is 14.8 Å². The molecule has 166 valence electrons. The number of halogens is 1. The molecule has 0 spiro atoms. The van der Waals surface area contributed by atoms with Gasteiger partial charge in [-0.1, -0.05) is 23.1 Å². The van der Waals surface area contributed by atoms with Crippen molar-refractivity contribution >= 4 is 44.9 Å². The topological polar surface area (TPSA) is 123 Å². The molecule has 1 saturated heterocycles. The van der Waals surface area contributed by atoms with Crippen LogP contribution in [-0.4, -0.2) is 51.2 Å². The van der Waals surface area contributed by atoms with E-state index in [1.807, 2.05) is 13.8 Å². The zero-order valence-corrected chi connectivity index (χ0v) is 19.2. The molecule has 4 heterocycles. The number of hydrogen-bond donors (Lipinski definition) is 1. The summed E-state index contributed by atoms with van der Waals surface area (Å²) < 4.78 is 35.1. The number of carbonyl (C=O) groups is 1. The van der Waals surface area contributed by atoms with Gasteiger partial charge in [-0.3, -0.25) is 14.8 Å². The smallest absolute Gasteiger partial charge is 0.322 e. The van der Waals surface area contributed by atoms with E-state index in [0.717, 1.165) is 17.8 Å². The second-order valence-corrected chi connectivity index (χ2v) is 11.2. The maximum atomic E-state index is 13.1. The molecule has 13 heteroatoms. The van der Waals surface area contributed by atoms with Crippen molar-refractivity contribution in [2.75, 3.05) is 11.9 Å². The number of amides is 1. The fraction of sp³-hybridized carbons (Fsp3) is 0.444. The molecule has 0 radical (unpaired) electrons. The fourth-order valence-electron chi connectivity index (χ4n) is 3.47. The lowest BCUT2D eigenvalue weighted by Gasteiger charge is -2.32. The van der Waals surface area contributed by atoms with Gasteiger partial charge >= 0.3 is 6.01 Å². The van der Waals surface area contributed by atoms with Gasteiger partial charge in [-0.05, 0) is 44.9 Å². The SMILES string of the molecule is CC(C)n1nccc1-c1nnc(NC(=O)C2CCCCN2S(=O)(=O)c2ccc(Cl)s2)o1. The van der Waals surface area contributed by atoms with Crippen molar-refractivity contribution in [3.8, 4) is 11.6 Å². The Bertz CT molecular complexity index is 1190. The van der Waals surface area contributed by atoms with Crippen LogP contribution in [0.2, 0.25) is 4.34 Å². The molecule has 1 unspecified atom stereocenters. The molecular formula is C18H21ClN6O4S2. The lowest BCUT2D eigenvalue weighted by Crippen LogP contribution is -2.49. The van der Waals surface area contributed by atoms with Gasteiger partial charge in [0.2, 0.25) is 5.91 Å². The van der Waals surface area contributed by atoms with E-state index >= 15 is 0 Å². The van der Waals surface area contributed by atoms with E-state index < -0.39 is 22.0 Å². The Morgan fingerprint density at radius 2 is 2.10 bits per heavy atom. The van der Waals surface area contributed by atoms with Crippen LogP contribution in [0.25, 0.3) is 11.6 Å². The van der Waals surface area contributed by atoms with E-state index in [-0.39, 0.29) is 28.7 Å². The Kier molecular flexibility index (Phi) is 6.15. The summed E-state index contributed by atoms with van der Waals surface area (Å²) in [5, 5.41) is 14.7. The Morgan fingerprint density at radius 1 is 1.29 bits per heavy atom. The highest BCUT2D eigenvalue weighted by Crippen LogP contribution is 2.32. The molecule has 0 aromatic carbocycles. The second kappa shape index (κ2) is 8.69. The number of nitrogens with one attached hydrogen (secondary N) is 1. The summed E-state index contributed by atoms with van der Waals surface area (Å²) >= 11 is 6.88. The van der Waals surface area contributed by atoms with Crippen LogP contribution in [0.4, 0.5) is 6.01 Å². The molecule has 3 aromatic heterocycles. The summed E-state index contributed by atoms with van der Waals surface area (Å²) in [5.74, 6) is -0.304. The Morgan fingerprint density at radius 3 is 2.81 bits per heavy atom. The molecule has 0 aliphatic carbocycles. The van der Waals surface area contributed by atoms with Gasteiger partial charge in [-0.15, -0.1) is 16.4 Å². The highest BCUT2D eigenvalue weighted by atomic mass is 35.5. The molecule has 1 amide bonds. The van der Waals surface area contributed by atoms with Gasteiger partial charge in [0.15, 0.2) is 0 Å². The average Bonchev–Trinajstić information content (AvgIpc) is 3.48. The first-order valence-electron chi connectivity index (χ1n) is 9.73. The van der Waals surface area contributed by atoms with Gasteiger partial charge in [-0.25, -0.2) is 8.42 Å². The molecule has 1 fully saturated rings. The zero-order valence-electron chi connectivity index (χ0n) is 16.9. The third-order valence-electron chi connectivity index (χ3n) is 4.90. The molecular weight excluding hydrogens is 464 g/mol. The standard InChI is InChI=1S/C18H21ClN6O4S2/c1-11(2)25-13(8-9-20-25)17-22-23-18(29-17)21-16(26)12-5-3-4-10-24(12)31(27,28)15-7-6-14(19)30-15/h6-9,11-12H,3-5,10H2,1-2H3,(H,21,23,26). The first-order valence-corrected chi connectivity index (χ1v) is 12.4. The summed E-state index contributed by atoms with van der Waals surface area (Å²) in [6.45, 7) is 4.18. The van der Waals surface area contributed by atoms with Crippen LogP contribution in [0.3, 0.4) is 0 Å². The summed E-state index contributed by atoms with van der Waals surface area (Å²) in [6.07, 6.45) is 3.43. The highest BCUT2D eigenvalue weighted by Gasteiger charge is 2.38. The lowest BCUT2D eigenvalue weighted by molar-refractivity contribution is -0.120. The van der Waals surface area contributed by atoms with Crippen LogP contribution in [0.1, 0.15) is 39.2 Å². The molecule has 31 heavy (non-hydrogen) atoms. The largest absolute Gasteiger partial charge is 0.401 e. The second-order valence-electron chi connectivity index (χ2n) is 7.34. The van der Waals surface area contributed by atoms with Gasteiger partial charge in [0.1, 0.15) is 15.9 Å². The van der Waals surface area contributed by atoms with Gasteiger partial charge in [-0.2, -0.15) is 9.40 Å². The number of carbonyl (C=O) groups excluding carboxylic acids is 1. The van der Waals surface area contributed by atoms with E-state index in [4.69, 9.17) is 16.0 Å². The zero-order chi connectivity index (χ0) is 22.2. The van der Waals surface area contributed by atoms with Gasteiger partial charge in [0.25, 0.3) is 15.9 Å². The minimum Gasteiger partial charge on any atom is -0.401 e. The molecule has 0 bridgehead atoms. The van der Waals surface area contributed by atoms with E-state index in [1.165, 1.54) is 16.4 Å². The van der Waals surface area contributed by atoms with Gasteiger partial charge in [0, 0.05) is 18.8 Å². The lowest BCUT2D eigenvalue weighted by atomic mass is 10.0. The molecule has 1 N–H and O–H groups in total. The number of thiophene rings is 1. The molecule has 1 aliphatic rings. The van der Waals surface area contributed by atoms with Crippen LogP contribution >= 0.6 is 22.9 Å². The molecule has 4 rings (SSSR count). The molecule has 3 aromatic rings. The molecule has 10 nitrogen and oxygen atoms in total. The number of piperidine rings is 1. The van der Waals surface area contributed by atoms with Crippen molar-refractivity contribution in [3.05, 3.63) is 28.7 Å².